The number of nitrogens with two attached hydrogens (primary N) is 1. The zero-order chi connectivity index (χ0) is 11.7. The molecule has 0 amide bonds. The molecule has 0 unspecified atom stereocenters. The summed E-state index contributed by atoms with van der Waals surface area (Å²) in [6, 6.07) is 1.66. The fourth-order valence-corrected chi connectivity index (χ4v) is 1.54. The lowest BCUT2D eigenvalue weighted by molar-refractivity contribution is 0.330. The molecular weight excluding hydrogens is 208 g/mol. The first-order chi connectivity index (χ1) is 7.63. The number of aryl methyl sites for hydroxylation is 1. The van der Waals surface area contributed by atoms with E-state index < -0.39 is 0 Å². The minimum absolute atomic E-state index is 0.213. The second-order valence-electron chi connectivity index (χ2n) is 3.36. The van der Waals surface area contributed by atoms with Gasteiger partial charge in [-0.25, -0.2) is 10.1 Å². The van der Waals surface area contributed by atoms with E-state index in [1.54, 1.807) is 13.0 Å². The molecule has 2 heterocycles. The highest BCUT2D eigenvalue weighted by Crippen LogP contribution is 2.25. The highest BCUT2D eigenvalue weighted by molar-refractivity contribution is 5.94. The van der Waals surface area contributed by atoms with E-state index in [0.717, 1.165) is 0 Å². The quantitative estimate of drug-likeness (QED) is 0.773. The van der Waals surface area contributed by atoms with Crippen LogP contribution in [-0.2, 0) is 0 Å². The largest absolute Gasteiger partial charge is 0.477 e. The Labute approximate surface area is 91.5 Å². The number of hydrogen-bond acceptors (Lipinski definition) is 5. The van der Waals surface area contributed by atoms with Gasteiger partial charge in [0.15, 0.2) is 5.82 Å². The molecule has 0 atom stereocenters. The molecule has 0 spiro atoms. The Hall–Kier alpha value is -2.11. The van der Waals surface area contributed by atoms with E-state index in [9.17, 15) is 4.79 Å². The second kappa shape index (κ2) is 3.80. The normalized spacial score (nSPS) is 10.6. The Bertz CT molecular complexity index is 591. The monoisotopic (exact) mass is 220 g/mol. The zero-order valence-corrected chi connectivity index (χ0v) is 9.07. The van der Waals surface area contributed by atoms with Gasteiger partial charge in [-0.15, -0.1) is 0 Å². The molecule has 6 heteroatoms. The van der Waals surface area contributed by atoms with E-state index in [0.29, 0.717) is 29.0 Å². The Kier molecular flexibility index (Phi) is 2.47. The number of nitrogen functional groups attached to an aromatic ring is 1. The van der Waals surface area contributed by atoms with Crippen LogP contribution in [0.2, 0.25) is 0 Å². The van der Waals surface area contributed by atoms with Crippen LogP contribution in [0, 0.1) is 6.92 Å². The van der Waals surface area contributed by atoms with Crippen molar-refractivity contribution in [3.05, 3.63) is 22.1 Å². The molecule has 3 N–H and O–H groups in total. The maximum Gasteiger partial charge on any atom is 0.272 e. The third kappa shape index (κ3) is 1.58. The summed E-state index contributed by atoms with van der Waals surface area (Å²) in [6.07, 6.45) is 0. The lowest BCUT2D eigenvalue weighted by Gasteiger charge is -2.08. The van der Waals surface area contributed by atoms with Crippen LogP contribution in [0.4, 0.5) is 5.82 Å². The topological polar surface area (TPSA) is 93.9 Å². The van der Waals surface area contributed by atoms with Crippen molar-refractivity contribution in [3.63, 3.8) is 0 Å². The number of ether oxygens (including phenoxy) is 1. The summed E-state index contributed by atoms with van der Waals surface area (Å²) in [4.78, 5) is 15.8. The van der Waals surface area contributed by atoms with Crippen LogP contribution in [0.1, 0.15) is 12.6 Å². The molecule has 0 saturated carbocycles. The lowest BCUT2D eigenvalue weighted by atomic mass is 10.2. The van der Waals surface area contributed by atoms with Crippen molar-refractivity contribution < 1.29 is 4.74 Å². The van der Waals surface area contributed by atoms with Gasteiger partial charge in [0.1, 0.15) is 0 Å². The fourth-order valence-electron chi connectivity index (χ4n) is 1.54. The lowest BCUT2D eigenvalue weighted by Crippen LogP contribution is -2.12. The first-order valence-electron chi connectivity index (χ1n) is 4.91. The maximum absolute atomic E-state index is 11.6. The van der Waals surface area contributed by atoms with Crippen molar-refractivity contribution in [3.8, 4) is 5.88 Å². The smallest absolute Gasteiger partial charge is 0.272 e. The Morgan fingerprint density at radius 1 is 1.56 bits per heavy atom. The fraction of sp³-hybridized carbons (Fsp3) is 0.300. The number of hydrogen-bond donors (Lipinski definition) is 2. The molecule has 0 aliphatic rings. The molecule has 16 heavy (non-hydrogen) atoms. The van der Waals surface area contributed by atoms with Crippen LogP contribution >= 0.6 is 0 Å². The van der Waals surface area contributed by atoms with Crippen LogP contribution in [0.5, 0.6) is 5.88 Å². The summed E-state index contributed by atoms with van der Waals surface area (Å²) in [7, 11) is 0. The van der Waals surface area contributed by atoms with Crippen molar-refractivity contribution >= 4 is 16.6 Å². The summed E-state index contributed by atoms with van der Waals surface area (Å²) in [6.45, 7) is 4.09. The number of rotatable bonds is 2. The van der Waals surface area contributed by atoms with Gasteiger partial charge in [-0.1, -0.05) is 0 Å². The Morgan fingerprint density at radius 2 is 2.31 bits per heavy atom. The third-order valence-electron chi connectivity index (χ3n) is 2.17. The second-order valence-corrected chi connectivity index (χ2v) is 3.36. The molecule has 0 fully saturated rings. The van der Waals surface area contributed by atoms with E-state index in [-0.39, 0.29) is 11.4 Å². The molecule has 0 bridgehead atoms. The first-order valence-corrected chi connectivity index (χ1v) is 4.91. The number of pyridine rings is 1. The van der Waals surface area contributed by atoms with Crippen LogP contribution in [0.25, 0.3) is 10.8 Å². The molecule has 84 valence electrons. The average molecular weight is 220 g/mol. The SMILES string of the molecule is CCOc1nc(C)cc2c(=O)[nH]nc(N)c12. The van der Waals surface area contributed by atoms with E-state index >= 15 is 0 Å². The zero-order valence-electron chi connectivity index (χ0n) is 9.07. The molecule has 0 aliphatic heterocycles. The van der Waals surface area contributed by atoms with Gasteiger partial charge < -0.3 is 10.5 Å². The van der Waals surface area contributed by atoms with E-state index in [1.807, 2.05) is 6.92 Å². The average Bonchev–Trinajstić information content (AvgIpc) is 2.23. The summed E-state index contributed by atoms with van der Waals surface area (Å²) in [5, 5.41) is 6.94. The van der Waals surface area contributed by atoms with Crippen LogP contribution in [-0.4, -0.2) is 21.8 Å². The number of fused-ring (bicyclic) bond motifs is 1. The van der Waals surface area contributed by atoms with E-state index in [2.05, 4.69) is 15.2 Å². The van der Waals surface area contributed by atoms with Gasteiger partial charge in [0, 0.05) is 5.69 Å². The molecule has 0 aliphatic carbocycles. The van der Waals surface area contributed by atoms with Crippen molar-refractivity contribution in [2.75, 3.05) is 12.3 Å². The number of nitrogens with zero attached hydrogens (tertiary/aromatic N) is 2. The predicted octanol–water partition coefficient (Wildman–Crippen LogP) is 0.607. The summed E-state index contributed by atoms with van der Waals surface area (Å²) >= 11 is 0. The molecule has 0 radical (unpaired) electrons. The van der Waals surface area contributed by atoms with Gasteiger partial charge in [-0.2, -0.15) is 5.10 Å². The number of aromatic nitrogens is 3. The molecule has 2 aromatic heterocycles. The number of H-pyrrole nitrogens is 1. The molecule has 2 rings (SSSR count). The molecular formula is C10H12N4O2. The van der Waals surface area contributed by atoms with E-state index in [1.165, 1.54) is 0 Å². The molecule has 0 saturated heterocycles. The number of anilines is 1. The highest BCUT2D eigenvalue weighted by atomic mass is 16.5. The van der Waals surface area contributed by atoms with Crippen LogP contribution < -0.4 is 16.0 Å². The minimum atomic E-state index is -0.296. The molecule has 2 aromatic rings. The van der Waals surface area contributed by atoms with Crippen molar-refractivity contribution in [2.24, 2.45) is 0 Å². The van der Waals surface area contributed by atoms with Gasteiger partial charge in [0.25, 0.3) is 5.56 Å². The third-order valence-corrected chi connectivity index (χ3v) is 2.17. The Morgan fingerprint density at radius 3 is 3.00 bits per heavy atom. The summed E-state index contributed by atoms with van der Waals surface area (Å²) in [5.74, 6) is 0.569. The summed E-state index contributed by atoms with van der Waals surface area (Å²) in [5.41, 5.74) is 6.11. The molecule has 0 aromatic carbocycles. The number of aromatic amines is 1. The highest BCUT2D eigenvalue weighted by Gasteiger charge is 2.12. The number of nitrogens with one attached hydrogen (secondary N) is 1. The Balaban J connectivity index is 2.89. The first kappa shape index (κ1) is 10.4. The van der Waals surface area contributed by atoms with Crippen molar-refractivity contribution in [2.45, 2.75) is 13.8 Å². The van der Waals surface area contributed by atoms with Gasteiger partial charge in [-0.3, -0.25) is 4.79 Å². The van der Waals surface area contributed by atoms with E-state index in [4.69, 9.17) is 10.5 Å². The maximum atomic E-state index is 11.6. The van der Waals surface area contributed by atoms with Gasteiger partial charge in [0.2, 0.25) is 5.88 Å². The standard InChI is InChI=1S/C10H12N4O2/c1-3-16-10-7-6(4-5(2)12-10)9(15)14-13-8(7)11/h4H,3H2,1-2H3,(H2,11,13)(H,14,15). The van der Waals surface area contributed by atoms with Gasteiger partial charge in [0.05, 0.1) is 17.4 Å². The summed E-state index contributed by atoms with van der Waals surface area (Å²) < 4.78 is 5.35. The van der Waals surface area contributed by atoms with Crippen molar-refractivity contribution in [1.82, 2.24) is 15.2 Å². The van der Waals surface area contributed by atoms with Crippen LogP contribution in [0.15, 0.2) is 10.9 Å². The van der Waals surface area contributed by atoms with Crippen LogP contribution in [0.3, 0.4) is 0 Å². The van der Waals surface area contributed by atoms with Gasteiger partial charge >= 0.3 is 0 Å². The van der Waals surface area contributed by atoms with Gasteiger partial charge in [-0.05, 0) is 19.9 Å². The predicted molar refractivity (Wildman–Crippen MR) is 60.5 cm³/mol. The molecule has 6 nitrogen and oxygen atoms in total. The van der Waals surface area contributed by atoms with Crippen molar-refractivity contribution in [1.29, 1.82) is 0 Å². The minimum Gasteiger partial charge on any atom is -0.477 e.